The molecular weight excluding hydrogens is 344 g/mol. The standard InChI is InChI=1S/C20H26N4O3/c1-13-7-5-6-8-16(13)18-19(27-11-17(25)23(18)4)20(26)21-9-10-24-12-22-14(2)15(24)3/h5-8,12,18-19H,9-11H2,1-4H3,(H,21,26)/t18-,19+/m1/s1. The summed E-state index contributed by atoms with van der Waals surface area (Å²) in [4.78, 5) is 30.9. The lowest BCUT2D eigenvalue weighted by Crippen LogP contribution is -2.53. The van der Waals surface area contributed by atoms with E-state index >= 15 is 0 Å². The van der Waals surface area contributed by atoms with Crippen LogP contribution >= 0.6 is 0 Å². The molecule has 1 saturated heterocycles. The van der Waals surface area contributed by atoms with Crippen molar-refractivity contribution in [3.63, 3.8) is 0 Å². The molecule has 2 amide bonds. The summed E-state index contributed by atoms with van der Waals surface area (Å²) in [5, 5.41) is 2.94. The molecule has 3 rings (SSSR count). The van der Waals surface area contributed by atoms with Crippen LogP contribution in [0.3, 0.4) is 0 Å². The fourth-order valence-electron chi connectivity index (χ4n) is 3.39. The second-order valence-corrected chi connectivity index (χ2v) is 6.94. The van der Waals surface area contributed by atoms with Gasteiger partial charge in [-0.15, -0.1) is 0 Å². The average Bonchev–Trinajstić information content (AvgIpc) is 2.96. The van der Waals surface area contributed by atoms with Crippen molar-refractivity contribution in [3.05, 3.63) is 53.1 Å². The molecule has 0 radical (unpaired) electrons. The Bertz CT molecular complexity index is 846. The predicted octanol–water partition coefficient (Wildman–Crippen LogP) is 1.52. The van der Waals surface area contributed by atoms with Gasteiger partial charge in [0.05, 0.1) is 18.1 Å². The number of nitrogens with one attached hydrogen (secondary N) is 1. The number of likely N-dealkylation sites (N-methyl/N-ethyl adjacent to an activating group) is 1. The Morgan fingerprint density at radius 2 is 2.04 bits per heavy atom. The van der Waals surface area contributed by atoms with E-state index in [-0.39, 0.29) is 18.4 Å². The highest BCUT2D eigenvalue weighted by molar-refractivity contribution is 5.86. The molecule has 7 heteroatoms. The van der Waals surface area contributed by atoms with Gasteiger partial charge in [0.1, 0.15) is 6.61 Å². The maximum absolute atomic E-state index is 12.8. The van der Waals surface area contributed by atoms with Crippen LogP contribution < -0.4 is 5.32 Å². The lowest BCUT2D eigenvalue weighted by molar-refractivity contribution is -0.162. The van der Waals surface area contributed by atoms with Gasteiger partial charge in [0, 0.05) is 25.8 Å². The van der Waals surface area contributed by atoms with E-state index in [0.29, 0.717) is 13.1 Å². The van der Waals surface area contributed by atoms with E-state index in [2.05, 4.69) is 10.3 Å². The van der Waals surface area contributed by atoms with Crippen molar-refractivity contribution in [1.29, 1.82) is 0 Å². The molecule has 1 aliphatic rings. The van der Waals surface area contributed by atoms with Crippen molar-refractivity contribution >= 4 is 11.8 Å². The molecular formula is C20H26N4O3. The van der Waals surface area contributed by atoms with Gasteiger partial charge in [0.25, 0.3) is 5.91 Å². The maximum atomic E-state index is 12.8. The fraction of sp³-hybridized carbons (Fsp3) is 0.450. The Morgan fingerprint density at radius 3 is 2.70 bits per heavy atom. The summed E-state index contributed by atoms with van der Waals surface area (Å²) in [7, 11) is 1.72. The van der Waals surface area contributed by atoms with E-state index in [0.717, 1.165) is 22.5 Å². The van der Waals surface area contributed by atoms with E-state index < -0.39 is 12.1 Å². The molecule has 1 aliphatic heterocycles. The van der Waals surface area contributed by atoms with E-state index in [1.807, 2.05) is 49.6 Å². The van der Waals surface area contributed by atoms with Crippen LogP contribution in [0.1, 0.15) is 28.6 Å². The molecule has 2 heterocycles. The Labute approximate surface area is 159 Å². The number of carbonyl (C=O) groups excluding carboxylic acids is 2. The zero-order valence-electron chi connectivity index (χ0n) is 16.2. The number of amides is 2. The van der Waals surface area contributed by atoms with Crippen LogP contribution in [0.5, 0.6) is 0 Å². The zero-order valence-corrected chi connectivity index (χ0v) is 16.2. The molecule has 1 aromatic heterocycles. The molecule has 0 spiro atoms. The molecule has 0 aliphatic carbocycles. The summed E-state index contributed by atoms with van der Waals surface area (Å²) in [5.74, 6) is -0.339. The number of hydrogen-bond acceptors (Lipinski definition) is 4. The monoisotopic (exact) mass is 370 g/mol. The highest BCUT2D eigenvalue weighted by Crippen LogP contribution is 2.31. The summed E-state index contributed by atoms with van der Waals surface area (Å²) >= 11 is 0. The van der Waals surface area contributed by atoms with Crippen LogP contribution in [-0.4, -0.2) is 52.6 Å². The fourth-order valence-corrected chi connectivity index (χ4v) is 3.39. The van der Waals surface area contributed by atoms with Crippen molar-refractivity contribution in [1.82, 2.24) is 19.8 Å². The number of ether oxygens (including phenoxy) is 1. The van der Waals surface area contributed by atoms with E-state index in [4.69, 9.17) is 4.74 Å². The first-order chi connectivity index (χ1) is 12.9. The van der Waals surface area contributed by atoms with Gasteiger partial charge in [-0.1, -0.05) is 24.3 Å². The van der Waals surface area contributed by atoms with Crippen LogP contribution in [0.4, 0.5) is 0 Å². The Balaban J connectivity index is 1.72. The Morgan fingerprint density at radius 1 is 1.30 bits per heavy atom. The number of morpholine rings is 1. The minimum Gasteiger partial charge on any atom is -0.356 e. The summed E-state index contributed by atoms with van der Waals surface area (Å²) < 4.78 is 7.66. The van der Waals surface area contributed by atoms with Crippen molar-refractivity contribution in [2.75, 3.05) is 20.2 Å². The molecule has 2 atom stereocenters. The first kappa shape index (κ1) is 19.1. The van der Waals surface area contributed by atoms with Gasteiger partial charge < -0.3 is 19.5 Å². The van der Waals surface area contributed by atoms with Gasteiger partial charge in [-0.3, -0.25) is 9.59 Å². The first-order valence-electron chi connectivity index (χ1n) is 9.09. The average molecular weight is 370 g/mol. The molecule has 144 valence electrons. The van der Waals surface area contributed by atoms with E-state index in [1.165, 1.54) is 0 Å². The number of nitrogens with zero attached hydrogens (tertiary/aromatic N) is 3. The second-order valence-electron chi connectivity index (χ2n) is 6.94. The molecule has 0 unspecified atom stereocenters. The molecule has 27 heavy (non-hydrogen) atoms. The van der Waals surface area contributed by atoms with Crippen molar-refractivity contribution in [3.8, 4) is 0 Å². The lowest BCUT2D eigenvalue weighted by Gasteiger charge is -2.38. The van der Waals surface area contributed by atoms with Crippen molar-refractivity contribution in [2.45, 2.75) is 39.5 Å². The number of imidazole rings is 1. The van der Waals surface area contributed by atoms with Gasteiger partial charge in [-0.25, -0.2) is 4.98 Å². The van der Waals surface area contributed by atoms with Crippen LogP contribution in [0.15, 0.2) is 30.6 Å². The lowest BCUT2D eigenvalue weighted by atomic mass is 9.94. The van der Waals surface area contributed by atoms with E-state index in [9.17, 15) is 9.59 Å². The SMILES string of the molecule is Cc1ccccc1[C@@H]1[C@@H](C(=O)NCCn2cnc(C)c2C)OCC(=O)N1C. The topological polar surface area (TPSA) is 76.5 Å². The number of aromatic nitrogens is 2. The number of rotatable bonds is 5. The normalized spacial score (nSPS) is 20.0. The molecule has 1 fully saturated rings. The number of aryl methyl sites for hydroxylation is 2. The minimum atomic E-state index is -0.737. The molecule has 0 bridgehead atoms. The summed E-state index contributed by atoms with van der Waals surface area (Å²) in [6.45, 7) is 6.95. The number of carbonyl (C=O) groups is 2. The smallest absolute Gasteiger partial charge is 0.251 e. The predicted molar refractivity (Wildman–Crippen MR) is 101 cm³/mol. The zero-order chi connectivity index (χ0) is 19.6. The third kappa shape index (κ3) is 3.88. The summed E-state index contributed by atoms with van der Waals surface area (Å²) in [6, 6.07) is 7.32. The van der Waals surface area contributed by atoms with Gasteiger partial charge in [0.15, 0.2) is 6.10 Å². The molecule has 1 N–H and O–H groups in total. The third-order valence-electron chi connectivity index (χ3n) is 5.25. The molecule has 2 aromatic rings. The highest BCUT2D eigenvalue weighted by atomic mass is 16.5. The van der Waals surface area contributed by atoms with Crippen molar-refractivity contribution < 1.29 is 14.3 Å². The second kappa shape index (κ2) is 7.92. The van der Waals surface area contributed by atoms with Crippen LogP contribution in [-0.2, 0) is 20.9 Å². The maximum Gasteiger partial charge on any atom is 0.251 e. The third-order valence-corrected chi connectivity index (χ3v) is 5.25. The van der Waals surface area contributed by atoms with Gasteiger partial charge in [-0.05, 0) is 31.9 Å². The van der Waals surface area contributed by atoms with Gasteiger partial charge in [0.2, 0.25) is 5.91 Å². The highest BCUT2D eigenvalue weighted by Gasteiger charge is 2.40. The first-order valence-corrected chi connectivity index (χ1v) is 9.09. The molecule has 7 nitrogen and oxygen atoms in total. The molecule has 0 saturated carbocycles. The Hall–Kier alpha value is -2.67. The van der Waals surface area contributed by atoms with Crippen LogP contribution in [0, 0.1) is 20.8 Å². The van der Waals surface area contributed by atoms with E-state index in [1.54, 1.807) is 18.3 Å². The van der Waals surface area contributed by atoms with Gasteiger partial charge >= 0.3 is 0 Å². The van der Waals surface area contributed by atoms with Crippen LogP contribution in [0.2, 0.25) is 0 Å². The Kier molecular flexibility index (Phi) is 5.60. The summed E-state index contributed by atoms with van der Waals surface area (Å²) in [6.07, 6.45) is 1.04. The minimum absolute atomic E-state index is 0.0865. The molecule has 1 aromatic carbocycles. The number of benzene rings is 1. The van der Waals surface area contributed by atoms with Gasteiger partial charge in [-0.2, -0.15) is 0 Å². The quantitative estimate of drug-likeness (QED) is 0.866. The van der Waals surface area contributed by atoms with Crippen LogP contribution in [0.25, 0.3) is 0 Å². The number of hydrogen-bond donors (Lipinski definition) is 1. The summed E-state index contributed by atoms with van der Waals surface area (Å²) in [5.41, 5.74) is 4.02. The van der Waals surface area contributed by atoms with Crippen molar-refractivity contribution in [2.24, 2.45) is 0 Å². The largest absolute Gasteiger partial charge is 0.356 e.